The Kier molecular flexibility index (Phi) is 2.73. The third-order valence-corrected chi connectivity index (χ3v) is 2.59. The van der Waals surface area contributed by atoms with Crippen LogP contribution in [0.2, 0.25) is 0 Å². The van der Waals surface area contributed by atoms with Crippen LogP contribution < -0.4 is 0 Å². The minimum atomic E-state index is -0.176. The van der Waals surface area contributed by atoms with Crippen LogP contribution in [-0.4, -0.2) is 4.98 Å². The molecule has 0 aliphatic carbocycles. The molecule has 1 aromatic carbocycles. The average molecular weight is 215 g/mol. The van der Waals surface area contributed by atoms with Gasteiger partial charge in [0.1, 0.15) is 5.82 Å². The van der Waals surface area contributed by atoms with E-state index in [9.17, 15) is 4.39 Å². The Morgan fingerprint density at radius 1 is 1.00 bits per heavy atom. The molecule has 0 saturated heterocycles. The van der Waals surface area contributed by atoms with Gasteiger partial charge in [0.15, 0.2) is 0 Å². The number of aryl methyl sites for hydroxylation is 3. The topological polar surface area (TPSA) is 12.9 Å². The highest BCUT2D eigenvalue weighted by molar-refractivity contribution is 5.68. The standard InChI is InChI=1S/C14H14FN/c1-9-5-4-6-13(15)14(9)12-7-10(2)16-11(3)8-12/h4-8H,1-3H3. The third kappa shape index (κ3) is 1.96. The predicted molar refractivity (Wildman–Crippen MR) is 63.8 cm³/mol. The van der Waals surface area contributed by atoms with Gasteiger partial charge in [-0.15, -0.1) is 0 Å². The lowest BCUT2D eigenvalue weighted by Gasteiger charge is -2.09. The molecule has 2 aromatic rings. The summed E-state index contributed by atoms with van der Waals surface area (Å²) in [5, 5.41) is 0. The van der Waals surface area contributed by atoms with E-state index in [0.717, 1.165) is 22.5 Å². The molecule has 0 aliphatic heterocycles. The second kappa shape index (κ2) is 4.05. The van der Waals surface area contributed by atoms with E-state index in [1.54, 1.807) is 6.07 Å². The zero-order valence-electron chi connectivity index (χ0n) is 9.71. The highest BCUT2D eigenvalue weighted by Crippen LogP contribution is 2.27. The van der Waals surface area contributed by atoms with Gasteiger partial charge in [0.05, 0.1) is 0 Å². The van der Waals surface area contributed by atoms with Gasteiger partial charge in [-0.3, -0.25) is 4.98 Å². The molecule has 0 N–H and O–H groups in total. The van der Waals surface area contributed by atoms with Gasteiger partial charge in [-0.1, -0.05) is 12.1 Å². The molecular formula is C14H14FN. The molecule has 1 aromatic heterocycles. The van der Waals surface area contributed by atoms with E-state index in [2.05, 4.69) is 4.98 Å². The van der Waals surface area contributed by atoms with Crippen LogP contribution >= 0.6 is 0 Å². The lowest BCUT2D eigenvalue weighted by atomic mass is 9.99. The van der Waals surface area contributed by atoms with Crippen molar-refractivity contribution < 1.29 is 4.39 Å². The molecule has 1 heterocycles. The fourth-order valence-electron chi connectivity index (χ4n) is 1.98. The molecule has 2 rings (SSSR count). The van der Waals surface area contributed by atoms with Crippen molar-refractivity contribution >= 4 is 0 Å². The monoisotopic (exact) mass is 215 g/mol. The van der Waals surface area contributed by atoms with Crippen molar-refractivity contribution in [3.05, 3.63) is 53.1 Å². The molecular weight excluding hydrogens is 201 g/mol. The van der Waals surface area contributed by atoms with Crippen LogP contribution in [-0.2, 0) is 0 Å². The van der Waals surface area contributed by atoms with Crippen LogP contribution in [0.5, 0.6) is 0 Å². The third-order valence-electron chi connectivity index (χ3n) is 2.59. The Hall–Kier alpha value is -1.70. The second-order valence-electron chi connectivity index (χ2n) is 4.07. The fraction of sp³-hybridized carbons (Fsp3) is 0.214. The molecule has 82 valence electrons. The Bertz CT molecular complexity index is 492. The van der Waals surface area contributed by atoms with E-state index in [1.165, 1.54) is 6.07 Å². The number of benzene rings is 1. The Morgan fingerprint density at radius 2 is 1.62 bits per heavy atom. The van der Waals surface area contributed by atoms with Gasteiger partial charge in [-0.25, -0.2) is 4.39 Å². The van der Waals surface area contributed by atoms with Gasteiger partial charge in [-0.2, -0.15) is 0 Å². The first-order chi connectivity index (χ1) is 7.58. The van der Waals surface area contributed by atoms with Gasteiger partial charge < -0.3 is 0 Å². The summed E-state index contributed by atoms with van der Waals surface area (Å²) in [5.41, 5.74) is 4.36. The maximum Gasteiger partial charge on any atom is 0.131 e. The minimum absolute atomic E-state index is 0.176. The number of pyridine rings is 1. The lowest BCUT2D eigenvalue weighted by Crippen LogP contribution is -1.92. The largest absolute Gasteiger partial charge is 0.258 e. The molecule has 0 spiro atoms. The van der Waals surface area contributed by atoms with Crippen molar-refractivity contribution in [2.45, 2.75) is 20.8 Å². The second-order valence-corrected chi connectivity index (χ2v) is 4.07. The van der Waals surface area contributed by atoms with Crippen LogP contribution in [0.15, 0.2) is 30.3 Å². The van der Waals surface area contributed by atoms with Gasteiger partial charge in [0, 0.05) is 17.0 Å². The van der Waals surface area contributed by atoms with E-state index in [4.69, 9.17) is 0 Å². The van der Waals surface area contributed by atoms with E-state index in [1.807, 2.05) is 39.0 Å². The first-order valence-corrected chi connectivity index (χ1v) is 5.28. The first kappa shape index (κ1) is 10.8. The van der Waals surface area contributed by atoms with Crippen molar-refractivity contribution in [3.8, 4) is 11.1 Å². The maximum absolute atomic E-state index is 13.8. The summed E-state index contributed by atoms with van der Waals surface area (Å²) < 4.78 is 13.8. The highest BCUT2D eigenvalue weighted by atomic mass is 19.1. The molecule has 0 radical (unpaired) electrons. The maximum atomic E-state index is 13.8. The SMILES string of the molecule is Cc1cc(-c2c(C)cccc2F)cc(C)n1. The Labute approximate surface area is 95.0 Å². The zero-order valence-corrected chi connectivity index (χ0v) is 9.71. The van der Waals surface area contributed by atoms with Crippen molar-refractivity contribution in [2.75, 3.05) is 0 Å². The van der Waals surface area contributed by atoms with E-state index < -0.39 is 0 Å². The quantitative estimate of drug-likeness (QED) is 0.704. The fourth-order valence-corrected chi connectivity index (χ4v) is 1.98. The predicted octanol–water partition coefficient (Wildman–Crippen LogP) is 3.81. The molecule has 0 fully saturated rings. The summed E-state index contributed by atoms with van der Waals surface area (Å²) in [6.45, 7) is 5.77. The van der Waals surface area contributed by atoms with E-state index >= 15 is 0 Å². The van der Waals surface area contributed by atoms with Crippen molar-refractivity contribution in [3.63, 3.8) is 0 Å². The van der Waals surface area contributed by atoms with Crippen LogP contribution in [0.3, 0.4) is 0 Å². The van der Waals surface area contributed by atoms with Crippen molar-refractivity contribution in [2.24, 2.45) is 0 Å². The molecule has 1 nitrogen and oxygen atoms in total. The average Bonchev–Trinajstić information content (AvgIpc) is 2.15. The summed E-state index contributed by atoms with van der Waals surface area (Å²) in [6.07, 6.45) is 0. The summed E-state index contributed by atoms with van der Waals surface area (Å²) in [4.78, 5) is 4.30. The summed E-state index contributed by atoms with van der Waals surface area (Å²) in [7, 11) is 0. The van der Waals surface area contributed by atoms with Gasteiger partial charge in [0.2, 0.25) is 0 Å². The normalized spacial score (nSPS) is 10.5. The van der Waals surface area contributed by atoms with Crippen LogP contribution in [0, 0.1) is 26.6 Å². The lowest BCUT2D eigenvalue weighted by molar-refractivity contribution is 0.630. The molecule has 0 saturated carbocycles. The van der Waals surface area contributed by atoms with Crippen LogP contribution in [0.4, 0.5) is 4.39 Å². The summed E-state index contributed by atoms with van der Waals surface area (Å²) in [6, 6.07) is 8.98. The van der Waals surface area contributed by atoms with Gasteiger partial charge in [0.25, 0.3) is 0 Å². The minimum Gasteiger partial charge on any atom is -0.258 e. The van der Waals surface area contributed by atoms with Crippen LogP contribution in [0.25, 0.3) is 11.1 Å². The smallest absolute Gasteiger partial charge is 0.131 e. The summed E-state index contributed by atoms with van der Waals surface area (Å²) >= 11 is 0. The van der Waals surface area contributed by atoms with Crippen molar-refractivity contribution in [1.29, 1.82) is 0 Å². The molecule has 0 aliphatic rings. The number of hydrogen-bond acceptors (Lipinski definition) is 1. The van der Waals surface area contributed by atoms with Crippen molar-refractivity contribution in [1.82, 2.24) is 4.98 Å². The molecule has 0 atom stereocenters. The molecule has 0 unspecified atom stereocenters. The Morgan fingerprint density at radius 3 is 2.19 bits per heavy atom. The van der Waals surface area contributed by atoms with Gasteiger partial charge >= 0.3 is 0 Å². The van der Waals surface area contributed by atoms with Gasteiger partial charge in [-0.05, 0) is 50.1 Å². The van der Waals surface area contributed by atoms with Crippen LogP contribution in [0.1, 0.15) is 17.0 Å². The molecule has 0 amide bonds. The Balaban J connectivity index is 2.67. The number of hydrogen-bond donors (Lipinski definition) is 0. The van der Waals surface area contributed by atoms with E-state index in [0.29, 0.717) is 5.56 Å². The molecule has 16 heavy (non-hydrogen) atoms. The summed E-state index contributed by atoms with van der Waals surface area (Å²) in [5.74, 6) is -0.176. The highest BCUT2D eigenvalue weighted by Gasteiger charge is 2.08. The number of halogens is 1. The first-order valence-electron chi connectivity index (χ1n) is 5.28. The zero-order chi connectivity index (χ0) is 11.7. The number of aromatic nitrogens is 1. The molecule has 0 bridgehead atoms. The molecule has 2 heteroatoms. The van der Waals surface area contributed by atoms with E-state index in [-0.39, 0.29) is 5.82 Å². The number of nitrogens with zero attached hydrogens (tertiary/aromatic N) is 1. The number of rotatable bonds is 1.